The molecule has 10 nitrogen and oxygen atoms in total. The predicted octanol–water partition coefficient (Wildman–Crippen LogP) is -1.74. The number of carboxylic acid groups (broad SMARTS) is 2. The number of carbonyl (C=O) groups excluding carboxylic acids is 2. The number of hydrogen-bond donors (Lipinski definition) is 4. The average Bonchev–Trinajstić information content (AvgIpc) is 2.21. The van der Waals surface area contributed by atoms with E-state index in [1.54, 1.807) is 0 Å². The Morgan fingerprint density at radius 2 is 1.61 bits per heavy atom. The fourth-order valence-corrected chi connectivity index (χ4v) is 0.947. The van der Waals surface area contributed by atoms with Crippen LogP contribution < -0.4 is 11.1 Å². The minimum Gasteiger partial charge on any atom is -0.480 e. The van der Waals surface area contributed by atoms with Crippen LogP contribution in [0.2, 0.25) is 0 Å². The van der Waals surface area contributed by atoms with Gasteiger partial charge in [-0.15, -0.1) is 0 Å². The normalized spacial score (nSPS) is 9.33. The van der Waals surface area contributed by atoms with Gasteiger partial charge in [-0.2, -0.15) is 0 Å². The smallest absolute Gasteiger partial charge is 0.404 e. The van der Waals surface area contributed by atoms with Gasteiger partial charge >= 0.3 is 24.1 Å². The van der Waals surface area contributed by atoms with Gasteiger partial charge in [0.15, 0.2) is 0 Å². The largest absolute Gasteiger partial charge is 0.480 e. The number of urea groups is 1. The summed E-state index contributed by atoms with van der Waals surface area (Å²) in [6.45, 7) is -1.82. The Hall–Kier alpha value is -2.52. The van der Waals surface area contributed by atoms with E-state index in [4.69, 9.17) is 10.2 Å². The number of carboxylic acids is 2. The highest BCUT2D eigenvalue weighted by molar-refractivity contribution is 5.84. The maximum Gasteiger partial charge on any atom is 0.404 e. The summed E-state index contributed by atoms with van der Waals surface area (Å²) in [5, 5.41) is 19.2. The number of nitrogens with zero attached hydrogens (tertiary/aromatic N) is 1. The number of hydrogen-bond acceptors (Lipinski definition) is 5. The number of nitrogens with one attached hydrogen (secondary N) is 1. The van der Waals surface area contributed by atoms with Gasteiger partial charge in [0.25, 0.3) is 0 Å². The van der Waals surface area contributed by atoms with Crippen molar-refractivity contribution < 1.29 is 34.1 Å². The molecule has 3 amide bonds. The Bertz CT molecular complexity index is 328. The Morgan fingerprint density at radius 1 is 1.11 bits per heavy atom. The first-order valence-corrected chi connectivity index (χ1v) is 4.71. The van der Waals surface area contributed by atoms with Crippen molar-refractivity contribution in [2.45, 2.75) is 0 Å². The summed E-state index contributed by atoms with van der Waals surface area (Å²) in [6, 6.07) is -0.895. The highest BCUT2D eigenvalue weighted by Gasteiger charge is 2.19. The van der Waals surface area contributed by atoms with Crippen LogP contribution in [0.15, 0.2) is 0 Å². The van der Waals surface area contributed by atoms with Gasteiger partial charge in [0.2, 0.25) is 0 Å². The molecular weight excluding hydrogens is 250 g/mol. The van der Waals surface area contributed by atoms with E-state index in [9.17, 15) is 19.2 Å². The molecule has 0 aliphatic rings. The maximum absolute atomic E-state index is 11.4. The van der Waals surface area contributed by atoms with Crippen molar-refractivity contribution in [2.24, 2.45) is 5.73 Å². The van der Waals surface area contributed by atoms with Crippen molar-refractivity contribution in [3.8, 4) is 0 Å². The number of aliphatic carboxylic acids is 2. The third-order valence-corrected chi connectivity index (χ3v) is 1.56. The second-order valence-corrected chi connectivity index (χ2v) is 3.04. The average molecular weight is 263 g/mol. The molecule has 0 saturated heterocycles. The van der Waals surface area contributed by atoms with Gasteiger partial charge in [0, 0.05) is 0 Å². The van der Waals surface area contributed by atoms with Crippen LogP contribution >= 0.6 is 0 Å². The van der Waals surface area contributed by atoms with E-state index in [0.717, 1.165) is 0 Å². The second-order valence-electron chi connectivity index (χ2n) is 3.04. The molecule has 0 aromatic rings. The molecule has 0 aliphatic carbocycles. The first-order chi connectivity index (χ1) is 8.32. The van der Waals surface area contributed by atoms with E-state index in [-0.39, 0.29) is 13.2 Å². The lowest BCUT2D eigenvalue weighted by Crippen LogP contribution is -2.46. The van der Waals surface area contributed by atoms with Gasteiger partial charge in [-0.3, -0.25) is 9.59 Å². The van der Waals surface area contributed by atoms with Gasteiger partial charge in [0.1, 0.15) is 19.7 Å². The number of nitrogens with two attached hydrogens (primary N) is 1. The van der Waals surface area contributed by atoms with Gasteiger partial charge in [-0.1, -0.05) is 0 Å². The van der Waals surface area contributed by atoms with Crippen LogP contribution in [0.5, 0.6) is 0 Å². The monoisotopic (exact) mass is 263 g/mol. The fourth-order valence-electron chi connectivity index (χ4n) is 0.947. The highest BCUT2D eigenvalue weighted by Crippen LogP contribution is 1.90. The van der Waals surface area contributed by atoms with Crippen molar-refractivity contribution in [1.82, 2.24) is 10.2 Å². The highest BCUT2D eigenvalue weighted by atomic mass is 16.5. The first kappa shape index (κ1) is 15.5. The van der Waals surface area contributed by atoms with Crippen molar-refractivity contribution in [2.75, 3.05) is 26.2 Å². The van der Waals surface area contributed by atoms with Crippen LogP contribution in [0.4, 0.5) is 9.59 Å². The summed E-state index contributed by atoms with van der Waals surface area (Å²) in [4.78, 5) is 43.0. The van der Waals surface area contributed by atoms with E-state index < -0.39 is 37.2 Å². The summed E-state index contributed by atoms with van der Waals surface area (Å²) in [5.74, 6) is -2.69. The molecule has 0 aromatic carbocycles. The van der Waals surface area contributed by atoms with Gasteiger partial charge < -0.3 is 30.9 Å². The quantitative estimate of drug-likeness (QED) is 0.396. The maximum atomic E-state index is 11.4. The molecule has 0 aliphatic heterocycles. The van der Waals surface area contributed by atoms with Crippen LogP contribution in [0, 0.1) is 0 Å². The summed E-state index contributed by atoms with van der Waals surface area (Å²) < 4.78 is 4.31. The third kappa shape index (κ3) is 7.73. The molecule has 0 unspecified atom stereocenters. The number of ether oxygens (including phenoxy) is 1. The molecule has 0 rings (SSSR count). The van der Waals surface area contributed by atoms with Crippen LogP contribution in [0.25, 0.3) is 0 Å². The SMILES string of the molecule is NC(=O)OCCNC(=O)N(CC(=O)O)CC(=O)O. The van der Waals surface area contributed by atoms with Crippen LogP contribution in [-0.4, -0.2) is 65.4 Å². The molecule has 10 heteroatoms. The number of primary amides is 1. The van der Waals surface area contributed by atoms with E-state index in [0.29, 0.717) is 4.90 Å². The second kappa shape index (κ2) is 7.70. The number of rotatable bonds is 7. The summed E-state index contributed by atoms with van der Waals surface area (Å²) >= 11 is 0. The molecule has 5 N–H and O–H groups in total. The lowest BCUT2D eigenvalue weighted by Gasteiger charge is -2.18. The Kier molecular flexibility index (Phi) is 6.63. The number of carbonyl (C=O) groups is 4. The molecule has 0 radical (unpaired) electrons. The third-order valence-electron chi connectivity index (χ3n) is 1.56. The molecule has 102 valence electrons. The van der Waals surface area contributed by atoms with Gasteiger partial charge in [-0.05, 0) is 0 Å². The minimum absolute atomic E-state index is 0.114. The van der Waals surface area contributed by atoms with Crippen molar-refractivity contribution >= 4 is 24.1 Å². The first-order valence-electron chi connectivity index (χ1n) is 4.71. The van der Waals surface area contributed by atoms with Crippen molar-refractivity contribution in [1.29, 1.82) is 0 Å². The molecule has 0 fully saturated rings. The summed E-state index contributed by atoms with van der Waals surface area (Å²) in [6.07, 6.45) is -1.02. The van der Waals surface area contributed by atoms with E-state index in [1.165, 1.54) is 0 Å². The Labute approximate surface area is 101 Å². The van der Waals surface area contributed by atoms with E-state index >= 15 is 0 Å². The van der Waals surface area contributed by atoms with Crippen LogP contribution in [-0.2, 0) is 14.3 Å². The Balaban J connectivity index is 4.16. The molecule has 0 atom stereocenters. The lowest BCUT2D eigenvalue weighted by atomic mass is 10.5. The van der Waals surface area contributed by atoms with Crippen LogP contribution in [0.3, 0.4) is 0 Å². The zero-order valence-corrected chi connectivity index (χ0v) is 9.29. The Morgan fingerprint density at radius 3 is 2.00 bits per heavy atom. The molecule has 18 heavy (non-hydrogen) atoms. The molecule has 0 saturated carbocycles. The minimum atomic E-state index is -1.35. The fraction of sp³-hybridized carbons (Fsp3) is 0.500. The zero-order valence-electron chi connectivity index (χ0n) is 9.29. The van der Waals surface area contributed by atoms with Crippen molar-refractivity contribution in [3.05, 3.63) is 0 Å². The predicted molar refractivity (Wildman–Crippen MR) is 55.8 cm³/mol. The van der Waals surface area contributed by atoms with E-state index in [1.807, 2.05) is 0 Å². The van der Waals surface area contributed by atoms with E-state index in [2.05, 4.69) is 15.8 Å². The lowest BCUT2D eigenvalue weighted by molar-refractivity contribution is -0.140. The molecule has 0 spiro atoms. The number of amides is 3. The topological polar surface area (TPSA) is 159 Å². The standard InChI is InChI=1S/C8H13N3O7/c9-7(16)18-2-1-10-8(17)11(3-5(12)13)4-6(14)15/h1-4H2,(H2,9,16)(H,10,17)(H,12,13)(H,14,15). The van der Waals surface area contributed by atoms with Crippen molar-refractivity contribution in [3.63, 3.8) is 0 Å². The summed E-state index contributed by atoms with van der Waals surface area (Å²) in [7, 11) is 0. The van der Waals surface area contributed by atoms with Gasteiger partial charge in [-0.25, -0.2) is 9.59 Å². The van der Waals surface area contributed by atoms with Gasteiger partial charge in [0.05, 0.1) is 6.54 Å². The molecule has 0 aromatic heterocycles. The molecule has 0 heterocycles. The summed E-state index contributed by atoms with van der Waals surface area (Å²) in [5.41, 5.74) is 4.66. The molecule has 0 bridgehead atoms. The molecular formula is C8H13N3O7. The van der Waals surface area contributed by atoms with Crippen LogP contribution in [0.1, 0.15) is 0 Å². The zero-order chi connectivity index (χ0) is 14.1.